The largest absolute Gasteiger partial charge is 0.384 e. The second kappa shape index (κ2) is 18.6. The standard InChI is InChI=1S/C32H31N.C27H26/c1-23-11-13-25(14-12-23)26-15-17-27(18-16-26)28-19-20-31-30-10-7-8-24(2)29(30)9-5-3-4-6-21-33-32(31)22-28;1-27(2)25-19-8-4-7-15-22(21-13-5-3-6-14-21)16-9-10-17-23(25)24-18-11-12-20-26(24)27/h3-5,7,9-20,22,24,33H,6,8,21H2,1-2H3;3-20,23,25H,1-2H3/b4-3-,9-5-;7-4+,16-9-,17-10+,19-8-,22-15+. The molecule has 1 heterocycles. The molecule has 0 radical (unpaired) electrons. The van der Waals surface area contributed by atoms with Crippen LogP contribution in [0.25, 0.3) is 33.4 Å². The van der Waals surface area contributed by atoms with E-state index < -0.39 is 0 Å². The fourth-order valence-electron chi connectivity index (χ4n) is 9.12. The molecule has 0 fully saturated rings. The number of allylic oxidation sites excluding steroid dienone is 17. The van der Waals surface area contributed by atoms with Crippen molar-refractivity contribution < 1.29 is 0 Å². The third kappa shape index (κ3) is 9.07. The minimum atomic E-state index is 0.134. The quantitative estimate of drug-likeness (QED) is 0.192. The van der Waals surface area contributed by atoms with Gasteiger partial charge in [-0.1, -0.05) is 233 Å². The number of anilines is 1. The Labute approximate surface area is 359 Å². The molecule has 9 rings (SSSR count). The monoisotopic (exact) mass is 779 g/mol. The SMILES string of the molecule is CC1(C)c2ccccc2C2/C=C/C=C\C(c3ccccc3)=C/C=C/C=C\C21.Cc1ccc(-c2ccc(-c3ccc4c(c3)NCC/C=C\C=C/C3=C4C=CCC3C)cc2)cc1. The molecule has 0 amide bonds. The van der Waals surface area contributed by atoms with E-state index in [1.807, 2.05) is 0 Å². The van der Waals surface area contributed by atoms with Crippen LogP contribution in [0.3, 0.4) is 0 Å². The van der Waals surface area contributed by atoms with Crippen molar-refractivity contribution >= 4 is 16.8 Å². The Balaban J connectivity index is 0.000000170. The van der Waals surface area contributed by atoms with E-state index in [9.17, 15) is 0 Å². The van der Waals surface area contributed by atoms with Crippen LogP contribution in [0.2, 0.25) is 0 Å². The lowest BCUT2D eigenvalue weighted by atomic mass is 9.75. The first kappa shape index (κ1) is 40.3. The van der Waals surface area contributed by atoms with E-state index in [4.69, 9.17) is 0 Å². The number of aryl methyl sites for hydroxylation is 1. The lowest BCUT2D eigenvalue weighted by molar-refractivity contribution is 0.397. The zero-order valence-electron chi connectivity index (χ0n) is 35.6. The highest BCUT2D eigenvalue weighted by atomic mass is 14.9. The van der Waals surface area contributed by atoms with Crippen molar-refractivity contribution in [3.05, 3.63) is 246 Å². The van der Waals surface area contributed by atoms with E-state index in [1.54, 1.807) is 0 Å². The summed E-state index contributed by atoms with van der Waals surface area (Å²) in [6, 6.07) is 44.0. The lowest BCUT2D eigenvalue weighted by Crippen LogP contribution is -2.23. The maximum atomic E-state index is 3.71. The van der Waals surface area contributed by atoms with Gasteiger partial charge < -0.3 is 5.32 Å². The second-order valence-electron chi connectivity index (χ2n) is 17.0. The van der Waals surface area contributed by atoms with Gasteiger partial charge in [-0.15, -0.1) is 0 Å². The van der Waals surface area contributed by atoms with Crippen LogP contribution in [-0.4, -0.2) is 6.54 Å². The predicted molar refractivity (Wildman–Crippen MR) is 260 cm³/mol. The summed E-state index contributed by atoms with van der Waals surface area (Å²) in [4.78, 5) is 0. The van der Waals surface area contributed by atoms with Crippen LogP contribution in [0, 0.1) is 18.8 Å². The van der Waals surface area contributed by atoms with Crippen molar-refractivity contribution in [2.24, 2.45) is 11.8 Å². The smallest absolute Gasteiger partial charge is 0.0426 e. The van der Waals surface area contributed by atoms with Gasteiger partial charge in [-0.05, 0) is 98.7 Å². The maximum Gasteiger partial charge on any atom is 0.0426 e. The highest BCUT2D eigenvalue weighted by molar-refractivity contribution is 5.88. The molecular formula is C59H57N. The highest BCUT2D eigenvalue weighted by Gasteiger charge is 2.43. The molecule has 0 aromatic heterocycles. The van der Waals surface area contributed by atoms with E-state index >= 15 is 0 Å². The van der Waals surface area contributed by atoms with Crippen LogP contribution < -0.4 is 5.32 Å². The molecule has 60 heavy (non-hydrogen) atoms. The molecule has 1 nitrogen and oxygen atoms in total. The Kier molecular flexibility index (Phi) is 12.5. The topological polar surface area (TPSA) is 12.0 Å². The maximum absolute atomic E-state index is 3.71. The average molecular weight is 780 g/mol. The van der Waals surface area contributed by atoms with Gasteiger partial charge in [0.15, 0.2) is 0 Å². The Bertz CT molecular complexity index is 2560. The minimum absolute atomic E-state index is 0.134. The molecule has 4 aliphatic rings. The molecule has 0 spiro atoms. The van der Waals surface area contributed by atoms with Gasteiger partial charge in [0, 0.05) is 23.7 Å². The number of nitrogens with one attached hydrogen (secondary N) is 1. The summed E-state index contributed by atoms with van der Waals surface area (Å²) in [5, 5.41) is 3.71. The first-order valence-electron chi connectivity index (χ1n) is 21.7. The predicted octanol–water partition coefficient (Wildman–Crippen LogP) is 15.6. The summed E-state index contributed by atoms with van der Waals surface area (Å²) >= 11 is 0. The molecule has 0 bridgehead atoms. The van der Waals surface area contributed by atoms with Gasteiger partial charge in [-0.2, -0.15) is 0 Å². The van der Waals surface area contributed by atoms with Gasteiger partial charge >= 0.3 is 0 Å². The third-order valence-electron chi connectivity index (χ3n) is 12.5. The fraction of sp³-hybridized carbons (Fsp3) is 0.186. The highest BCUT2D eigenvalue weighted by Crippen LogP contribution is 2.51. The van der Waals surface area contributed by atoms with E-state index in [0.717, 1.165) is 19.4 Å². The first-order valence-corrected chi connectivity index (χ1v) is 21.7. The van der Waals surface area contributed by atoms with E-state index in [0.29, 0.717) is 17.8 Å². The van der Waals surface area contributed by atoms with Gasteiger partial charge in [-0.3, -0.25) is 0 Å². The van der Waals surface area contributed by atoms with Crippen LogP contribution in [-0.2, 0) is 5.41 Å². The number of hydrogen-bond donors (Lipinski definition) is 1. The Hall–Kier alpha value is -6.44. The minimum Gasteiger partial charge on any atom is -0.384 e. The fourth-order valence-corrected chi connectivity index (χ4v) is 9.12. The molecule has 298 valence electrons. The summed E-state index contributed by atoms with van der Waals surface area (Å²) in [5.74, 6) is 1.40. The summed E-state index contributed by atoms with van der Waals surface area (Å²) < 4.78 is 0. The Morgan fingerprint density at radius 1 is 0.583 bits per heavy atom. The summed E-state index contributed by atoms with van der Waals surface area (Å²) in [6.45, 7) is 10.1. The molecule has 3 unspecified atom stereocenters. The molecule has 0 saturated carbocycles. The van der Waals surface area contributed by atoms with E-state index in [1.165, 1.54) is 72.5 Å². The molecule has 5 aromatic carbocycles. The Morgan fingerprint density at radius 2 is 1.27 bits per heavy atom. The van der Waals surface area contributed by atoms with Crippen molar-refractivity contribution in [3.8, 4) is 22.3 Å². The molecule has 3 aliphatic carbocycles. The van der Waals surface area contributed by atoms with Crippen molar-refractivity contribution in [2.45, 2.75) is 51.9 Å². The lowest BCUT2D eigenvalue weighted by Gasteiger charge is -2.28. The van der Waals surface area contributed by atoms with Crippen LogP contribution >= 0.6 is 0 Å². The molecular weight excluding hydrogens is 723 g/mol. The summed E-state index contributed by atoms with van der Waals surface area (Å²) in [6.07, 6.45) is 35.6. The molecule has 0 saturated heterocycles. The number of hydrogen-bond acceptors (Lipinski definition) is 1. The summed E-state index contributed by atoms with van der Waals surface area (Å²) in [7, 11) is 0. The van der Waals surface area contributed by atoms with Crippen LogP contribution in [0.4, 0.5) is 5.69 Å². The number of rotatable bonds is 3. The molecule has 1 N–H and O–H groups in total. The van der Waals surface area contributed by atoms with Gasteiger partial charge in [-0.25, -0.2) is 0 Å². The van der Waals surface area contributed by atoms with Crippen molar-refractivity contribution in [3.63, 3.8) is 0 Å². The third-order valence-corrected chi connectivity index (χ3v) is 12.5. The normalized spacial score (nSPS) is 24.2. The van der Waals surface area contributed by atoms with Crippen LogP contribution in [0.1, 0.15) is 67.3 Å². The van der Waals surface area contributed by atoms with Gasteiger partial charge in [0.2, 0.25) is 0 Å². The van der Waals surface area contributed by atoms with E-state index in [2.05, 4.69) is 245 Å². The molecule has 1 heteroatoms. The molecule has 1 aliphatic heterocycles. The number of benzene rings is 5. The molecule has 3 atom stereocenters. The average Bonchev–Trinajstić information content (AvgIpc) is 3.46. The van der Waals surface area contributed by atoms with Crippen molar-refractivity contribution in [2.75, 3.05) is 11.9 Å². The van der Waals surface area contributed by atoms with Crippen LogP contribution in [0.15, 0.2) is 218 Å². The van der Waals surface area contributed by atoms with Gasteiger partial charge in [0.05, 0.1) is 0 Å². The summed E-state index contributed by atoms with van der Waals surface area (Å²) in [5.41, 5.74) is 17.1. The number of fused-ring (bicyclic) bond motifs is 5. The van der Waals surface area contributed by atoms with Gasteiger partial charge in [0.1, 0.15) is 0 Å². The molecule has 5 aromatic rings. The first-order chi connectivity index (χ1) is 29.4. The Morgan fingerprint density at radius 3 is 2.07 bits per heavy atom. The zero-order chi connectivity index (χ0) is 41.3. The zero-order valence-corrected chi connectivity index (χ0v) is 35.6. The van der Waals surface area contributed by atoms with Gasteiger partial charge in [0.25, 0.3) is 0 Å². The van der Waals surface area contributed by atoms with E-state index in [-0.39, 0.29) is 5.41 Å². The van der Waals surface area contributed by atoms with Crippen molar-refractivity contribution in [1.29, 1.82) is 0 Å². The van der Waals surface area contributed by atoms with Crippen molar-refractivity contribution in [1.82, 2.24) is 0 Å². The van der Waals surface area contributed by atoms with Crippen LogP contribution in [0.5, 0.6) is 0 Å². The second-order valence-corrected chi connectivity index (χ2v) is 17.0.